The molecule has 1 aliphatic carbocycles. The molecule has 0 radical (unpaired) electrons. The number of rotatable bonds is 1. The van der Waals surface area contributed by atoms with E-state index in [9.17, 15) is 0 Å². The van der Waals surface area contributed by atoms with Crippen LogP contribution in [0, 0.1) is 5.92 Å². The van der Waals surface area contributed by atoms with Crippen LogP contribution in [0.3, 0.4) is 0 Å². The van der Waals surface area contributed by atoms with Crippen molar-refractivity contribution in [2.75, 3.05) is 12.9 Å². The van der Waals surface area contributed by atoms with E-state index in [-0.39, 0.29) is 0 Å². The first-order valence-electron chi connectivity index (χ1n) is 4.61. The van der Waals surface area contributed by atoms with Gasteiger partial charge in [-0.1, -0.05) is 6.42 Å². The maximum absolute atomic E-state index is 5.87. The topological polar surface area (TPSA) is 3.24 Å². The normalized spacial score (nSPS) is 44.7. The molecule has 1 heterocycles. The van der Waals surface area contributed by atoms with Crippen LogP contribution in [-0.2, 0) is 0 Å². The Kier molecular flexibility index (Phi) is 2.11. The van der Waals surface area contributed by atoms with Crippen molar-refractivity contribution in [1.82, 2.24) is 4.90 Å². The minimum absolute atomic E-state index is 0.673. The van der Waals surface area contributed by atoms with Crippen molar-refractivity contribution >= 4 is 11.6 Å². The molecule has 1 aliphatic heterocycles. The summed E-state index contributed by atoms with van der Waals surface area (Å²) in [4.78, 5) is 2.50. The van der Waals surface area contributed by atoms with Gasteiger partial charge >= 0.3 is 0 Å². The second kappa shape index (κ2) is 2.95. The fourth-order valence-electron chi connectivity index (χ4n) is 2.79. The largest absolute Gasteiger partial charge is 0.299 e. The van der Waals surface area contributed by atoms with Gasteiger partial charge in [0.05, 0.1) is 0 Å². The van der Waals surface area contributed by atoms with E-state index in [0.717, 1.165) is 17.8 Å². The molecule has 64 valence electrons. The van der Waals surface area contributed by atoms with Gasteiger partial charge in [0.25, 0.3) is 0 Å². The standard InChI is InChI=1S/C9H16ClN/c1-11-8(6-10)5-7-3-2-4-9(7)11/h7-9H,2-6H2,1H3/t7-,8-,9-/m1/s1. The molecule has 0 amide bonds. The first-order valence-corrected chi connectivity index (χ1v) is 5.14. The van der Waals surface area contributed by atoms with Gasteiger partial charge in [0.1, 0.15) is 0 Å². The summed E-state index contributed by atoms with van der Waals surface area (Å²) in [5, 5.41) is 0. The highest BCUT2D eigenvalue weighted by Gasteiger charge is 2.40. The van der Waals surface area contributed by atoms with E-state index in [1.54, 1.807) is 0 Å². The molecule has 3 atom stereocenters. The summed E-state index contributed by atoms with van der Waals surface area (Å²) in [6.45, 7) is 0. The van der Waals surface area contributed by atoms with Gasteiger partial charge in [0.2, 0.25) is 0 Å². The lowest BCUT2D eigenvalue weighted by Gasteiger charge is -2.22. The molecule has 2 rings (SSSR count). The van der Waals surface area contributed by atoms with Crippen molar-refractivity contribution < 1.29 is 0 Å². The van der Waals surface area contributed by atoms with E-state index < -0.39 is 0 Å². The maximum atomic E-state index is 5.87. The predicted molar refractivity (Wildman–Crippen MR) is 48.0 cm³/mol. The summed E-state index contributed by atoms with van der Waals surface area (Å²) >= 11 is 5.87. The quantitative estimate of drug-likeness (QED) is 0.549. The third-order valence-electron chi connectivity index (χ3n) is 3.47. The molecule has 1 saturated carbocycles. The third-order valence-corrected chi connectivity index (χ3v) is 3.83. The molecule has 1 saturated heterocycles. The highest BCUT2D eigenvalue weighted by atomic mass is 35.5. The lowest BCUT2D eigenvalue weighted by molar-refractivity contribution is 0.247. The Bertz CT molecular complexity index is 148. The van der Waals surface area contributed by atoms with Gasteiger partial charge in [0.15, 0.2) is 0 Å². The number of halogens is 1. The molecule has 0 bridgehead atoms. The molecular weight excluding hydrogens is 158 g/mol. The van der Waals surface area contributed by atoms with Crippen molar-refractivity contribution in [2.45, 2.75) is 37.8 Å². The van der Waals surface area contributed by atoms with Gasteiger partial charge in [-0.3, -0.25) is 4.90 Å². The van der Waals surface area contributed by atoms with E-state index in [0.29, 0.717) is 6.04 Å². The second-order valence-electron chi connectivity index (χ2n) is 3.97. The molecule has 0 spiro atoms. The van der Waals surface area contributed by atoms with Gasteiger partial charge < -0.3 is 0 Å². The molecule has 11 heavy (non-hydrogen) atoms. The summed E-state index contributed by atoms with van der Waals surface area (Å²) in [6, 6.07) is 1.55. The van der Waals surface area contributed by atoms with Crippen molar-refractivity contribution in [2.24, 2.45) is 5.92 Å². The van der Waals surface area contributed by atoms with Crippen LogP contribution in [0.25, 0.3) is 0 Å². The van der Waals surface area contributed by atoms with Crippen molar-refractivity contribution in [3.8, 4) is 0 Å². The van der Waals surface area contributed by atoms with E-state index in [1.807, 2.05) is 0 Å². The molecule has 2 fully saturated rings. The van der Waals surface area contributed by atoms with Crippen LogP contribution >= 0.6 is 11.6 Å². The Morgan fingerprint density at radius 3 is 2.91 bits per heavy atom. The molecule has 0 unspecified atom stereocenters. The van der Waals surface area contributed by atoms with Crippen molar-refractivity contribution in [3.63, 3.8) is 0 Å². The van der Waals surface area contributed by atoms with Gasteiger partial charge in [-0.05, 0) is 32.2 Å². The first kappa shape index (κ1) is 7.88. The van der Waals surface area contributed by atoms with Crippen LogP contribution < -0.4 is 0 Å². The minimum atomic E-state index is 0.673. The fraction of sp³-hybridized carbons (Fsp3) is 1.00. The van der Waals surface area contributed by atoms with Crippen LogP contribution in [0.15, 0.2) is 0 Å². The van der Waals surface area contributed by atoms with Crippen LogP contribution in [-0.4, -0.2) is 29.9 Å². The lowest BCUT2D eigenvalue weighted by atomic mass is 10.0. The zero-order valence-electron chi connectivity index (χ0n) is 7.09. The summed E-state index contributed by atoms with van der Waals surface area (Å²) in [7, 11) is 2.24. The number of hydrogen-bond acceptors (Lipinski definition) is 1. The Labute approximate surface area is 73.7 Å². The molecule has 2 aliphatic rings. The van der Waals surface area contributed by atoms with Crippen LogP contribution in [0.5, 0.6) is 0 Å². The van der Waals surface area contributed by atoms with Gasteiger partial charge in [-0.15, -0.1) is 11.6 Å². The Morgan fingerprint density at radius 2 is 2.27 bits per heavy atom. The monoisotopic (exact) mass is 173 g/mol. The Balaban J connectivity index is 2.04. The number of nitrogens with zero attached hydrogens (tertiary/aromatic N) is 1. The summed E-state index contributed by atoms with van der Waals surface area (Å²) in [5.41, 5.74) is 0. The molecule has 0 aromatic carbocycles. The SMILES string of the molecule is CN1[C@@H](CCl)C[C@H]2CCC[C@H]21. The Morgan fingerprint density at radius 1 is 1.45 bits per heavy atom. The average molecular weight is 174 g/mol. The summed E-state index contributed by atoms with van der Waals surface area (Å²) in [6.07, 6.45) is 5.65. The highest BCUT2D eigenvalue weighted by Crippen LogP contribution is 2.40. The minimum Gasteiger partial charge on any atom is -0.299 e. The maximum Gasteiger partial charge on any atom is 0.0379 e. The van der Waals surface area contributed by atoms with E-state index in [4.69, 9.17) is 11.6 Å². The summed E-state index contributed by atoms with van der Waals surface area (Å²) < 4.78 is 0. The van der Waals surface area contributed by atoms with Crippen LogP contribution in [0.2, 0.25) is 0 Å². The molecule has 0 N–H and O–H groups in total. The van der Waals surface area contributed by atoms with Gasteiger partial charge in [0, 0.05) is 18.0 Å². The molecule has 0 aromatic heterocycles. The third kappa shape index (κ3) is 1.19. The highest BCUT2D eigenvalue weighted by molar-refractivity contribution is 6.18. The smallest absolute Gasteiger partial charge is 0.0379 e. The van der Waals surface area contributed by atoms with Crippen molar-refractivity contribution in [3.05, 3.63) is 0 Å². The molecule has 0 aromatic rings. The number of hydrogen-bond donors (Lipinski definition) is 0. The van der Waals surface area contributed by atoms with Crippen LogP contribution in [0.4, 0.5) is 0 Å². The zero-order valence-corrected chi connectivity index (χ0v) is 7.85. The van der Waals surface area contributed by atoms with Crippen LogP contribution in [0.1, 0.15) is 25.7 Å². The lowest BCUT2D eigenvalue weighted by Crippen LogP contribution is -2.33. The van der Waals surface area contributed by atoms with Gasteiger partial charge in [-0.25, -0.2) is 0 Å². The van der Waals surface area contributed by atoms with E-state index in [2.05, 4.69) is 11.9 Å². The zero-order chi connectivity index (χ0) is 7.84. The number of likely N-dealkylation sites (tertiary alicyclic amines) is 1. The predicted octanol–water partition coefficient (Wildman–Crippen LogP) is 2.10. The first-order chi connectivity index (χ1) is 5.33. The van der Waals surface area contributed by atoms with E-state index in [1.165, 1.54) is 25.7 Å². The summed E-state index contributed by atoms with van der Waals surface area (Å²) in [5.74, 6) is 1.80. The van der Waals surface area contributed by atoms with Crippen molar-refractivity contribution in [1.29, 1.82) is 0 Å². The molecule has 2 heteroatoms. The van der Waals surface area contributed by atoms with Gasteiger partial charge in [-0.2, -0.15) is 0 Å². The Hall–Kier alpha value is 0.250. The number of alkyl halides is 1. The molecule has 1 nitrogen and oxygen atoms in total. The fourth-order valence-corrected chi connectivity index (χ4v) is 3.13. The van der Waals surface area contributed by atoms with E-state index >= 15 is 0 Å². The second-order valence-corrected chi connectivity index (χ2v) is 4.28. The average Bonchev–Trinajstić information content (AvgIpc) is 2.53. The number of fused-ring (bicyclic) bond motifs is 1. The molecular formula is C9H16ClN.